The number of benzene rings is 2. The number of ether oxygens (including phenoxy) is 3. The first-order valence-corrected chi connectivity index (χ1v) is 10.6. The number of hydrogen-bond donors (Lipinski definition) is 1. The van der Waals surface area contributed by atoms with Gasteiger partial charge in [0, 0.05) is 17.7 Å². The van der Waals surface area contributed by atoms with Crippen LogP contribution < -0.4 is 19.5 Å². The third kappa shape index (κ3) is 5.19. The van der Waals surface area contributed by atoms with Crippen LogP contribution in [-0.2, 0) is 10.2 Å². The molecule has 2 aromatic carbocycles. The van der Waals surface area contributed by atoms with Crippen LogP contribution in [0.4, 0.5) is 4.39 Å². The summed E-state index contributed by atoms with van der Waals surface area (Å²) in [4.78, 5) is 12.3. The summed E-state index contributed by atoms with van der Waals surface area (Å²) in [6.45, 7) is 3.67. The molecule has 10 heteroatoms. The van der Waals surface area contributed by atoms with Gasteiger partial charge in [-0.15, -0.1) is 5.10 Å². The van der Waals surface area contributed by atoms with E-state index in [1.807, 2.05) is 13.8 Å². The highest BCUT2D eigenvalue weighted by Crippen LogP contribution is 2.49. The van der Waals surface area contributed by atoms with E-state index >= 15 is 0 Å². The van der Waals surface area contributed by atoms with Crippen molar-refractivity contribution < 1.29 is 27.8 Å². The van der Waals surface area contributed by atoms with Gasteiger partial charge in [0.15, 0.2) is 6.61 Å². The minimum absolute atomic E-state index is 0.00820. The molecule has 1 aliphatic carbocycles. The predicted octanol–water partition coefficient (Wildman–Crippen LogP) is 4.67. The summed E-state index contributed by atoms with van der Waals surface area (Å²) in [5.74, 6) is 0.897. The number of carbonyl (C=O) groups excluding carboxylic acids is 1. The second-order valence-corrected chi connectivity index (χ2v) is 8.95. The van der Waals surface area contributed by atoms with E-state index in [9.17, 15) is 9.18 Å². The van der Waals surface area contributed by atoms with Crippen LogP contribution >= 0.6 is 11.6 Å². The summed E-state index contributed by atoms with van der Waals surface area (Å²) in [5, 5.41) is 11.0. The second-order valence-electron chi connectivity index (χ2n) is 8.54. The van der Waals surface area contributed by atoms with Crippen molar-refractivity contribution in [3.8, 4) is 23.3 Å². The predicted molar refractivity (Wildman–Crippen MR) is 117 cm³/mol. The molecule has 0 aliphatic heterocycles. The molecule has 0 saturated heterocycles. The Morgan fingerprint density at radius 1 is 1.15 bits per heavy atom. The van der Waals surface area contributed by atoms with Crippen molar-refractivity contribution in [2.45, 2.75) is 37.6 Å². The minimum atomic E-state index is -0.606. The van der Waals surface area contributed by atoms with Crippen molar-refractivity contribution in [2.75, 3.05) is 13.7 Å². The van der Waals surface area contributed by atoms with E-state index in [-0.39, 0.29) is 29.4 Å². The fourth-order valence-electron chi connectivity index (χ4n) is 4.26. The normalized spacial score (nSPS) is 21.7. The molecule has 0 bridgehead atoms. The summed E-state index contributed by atoms with van der Waals surface area (Å²) in [6.07, 6.45) is 1.20. The number of nitrogens with one attached hydrogen (secondary N) is 1. The molecule has 0 spiro atoms. The molecule has 174 valence electrons. The van der Waals surface area contributed by atoms with Crippen LogP contribution in [0.15, 0.2) is 46.9 Å². The third-order valence-electron chi connectivity index (χ3n) is 5.43. The summed E-state index contributed by atoms with van der Waals surface area (Å²) in [7, 11) is 1.57. The maximum absolute atomic E-state index is 13.5. The van der Waals surface area contributed by atoms with Gasteiger partial charge in [0.2, 0.25) is 5.89 Å². The summed E-state index contributed by atoms with van der Waals surface area (Å²) >= 11 is 5.65. The van der Waals surface area contributed by atoms with Gasteiger partial charge >= 0.3 is 6.08 Å². The Morgan fingerprint density at radius 2 is 1.91 bits per heavy atom. The van der Waals surface area contributed by atoms with E-state index < -0.39 is 16.8 Å². The van der Waals surface area contributed by atoms with Gasteiger partial charge in [0.1, 0.15) is 23.1 Å². The van der Waals surface area contributed by atoms with Gasteiger partial charge in [-0.1, -0.05) is 29.7 Å². The Hall–Kier alpha value is -3.33. The standard InChI is InChI=1S/C23H23ClFN3O5/c1-22(20-27-28-21(33-20)32-16-6-4-5-14(9-16)30-3)12-23(2,13-22)26-19(29)11-31-15-7-8-17(24)18(25)10-15/h4-10H,11-13H2,1-3H3,(H,26,29). The lowest BCUT2D eigenvalue weighted by Gasteiger charge is -2.51. The van der Waals surface area contributed by atoms with E-state index in [1.165, 1.54) is 12.1 Å². The molecule has 0 radical (unpaired) electrons. The van der Waals surface area contributed by atoms with Crippen LogP contribution in [0.1, 0.15) is 32.6 Å². The average molecular weight is 476 g/mol. The molecule has 33 heavy (non-hydrogen) atoms. The van der Waals surface area contributed by atoms with Crippen molar-refractivity contribution in [1.29, 1.82) is 0 Å². The van der Waals surface area contributed by atoms with Gasteiger partial charge in [-0.05, 0) is 44.0 Å². The molecule has 1 saturated carbocycles. The first-order valence-electron chi connectivity index (χ1n) is 10.2. The quantitative estimate of drug-likeness (QED) is 0.505. The molecule has 1 heterocycles. The maximum atomic E-state index is 13.5. The number of methoxy groups -OCH3 is 1. The molecule has 8 nitrogen and oxygen atoms in total. The summed E-state index contributed by atoms with van der Waals surface area (Å²) < 4.78 is 35.4. The smallest absolute Gasteiger partial charge is 0.420 e. The summed E-state index contributed by atoms with van der Waals surface area (Å²) in [6, 6.07) is 11.1. The van der Waals surface area contributed by atoms with E-state index in [0.717, 1.165) is 6.07 Å². The van der Waals surface area contributed by atoms with Gasteiger partial charge in [-0.3, -0.25) is 4.79 Å². The van der Waals surface area contributed by atoms with Crippen LogP contribution in [0.25, 0.3) is 0 Å². The van der Waals surface area contributed by atoms with E-state index in [0.29, 0.717) is 30.2 Å². The largest absolute Gasteiger partial charge is 0.497 e. The highest BCUT2D eigenvalue weighted by atomic mass is 35.5. The van der Waals surface area contributed by atoms with Gasteiger partial charge in [-0.25, -0.2) is 4.39 Å². The van der Waals surface area contributed by atoms with Crippen molar-refractivity contribution in [1.82, 2.24) is 15.5 Å². The van der Waals surface area contributed by atoms with Crippen molar-refractivity contribution in [3.05, 3.63) is 59.2 Å². The van der Waals surface area contributed by atoms with Crippen LogP contribution in [0.5, 0.6) is 23.3 Å². The third-order valence-corrected chi connectivity index (χ3v) is 5.74. The number of carbonyl (C=O) groups is 1. The Morgan fingerprint density at radius 3 is 2.64 bits per heavy atom. The first kappa shape index (κ1) is 22.8. The molecule has 3 aromatic rings. The van der Waals surface area contributed by atoms with Gasteiger partial charge in [0.25, 0.3) is 5.91 Å². The molecule has 0 atom stereocenters. The molecule has 0 unspecified atom stereocenters. The lowest BCUT2D eigenvalue weighted by molar-refractivity contribution is -0.127. The topological polar surface area (TPSA) is 95.7 Å². The average Bonchev–Trinajstić information content (AvgIpc) is 3.22. The zero-order valence-corrected chi connectivity index (χ0v) is 19.1. The lowest BCUT2D eigenvalue weighted by Crippen LogP contribution is -2.61. The highest BCUT2D eigenvalue weighted by Gasteiger charge is 2.53. The number of amides is 1. The number of aromatic nitrogens is 2. The Balaban J connectivity index is 1.31. The minimum Gasteiger partial charge on any atom is -0.497 e. The van der Waals surface area contributed by atoms with Crippen molar-refractivity contribution >= 4 is 17.5 Å². The molecule has 1 fully saturated rings. The maximum Gasteiger partial charge on any atom is 0.420 e. The Labute approximate surface area is 195 Å². The van der Waals surface area contributed by atoms with E-state index in [4.69, 9.17) is 30.2 Å². The van der Waals surface area contributed by atoms with Crippen LogP contribution in [-0.4, -0.2) is 35.4 Å². The van der Waals surface area contributed by atoms with Crippen LogP contribution in [0.3, 0.4) is 0 Å². The SMILES string of the molecule is COc1cccc(Oc2nnc(C3(C)CC(C)(NC(=O)COc4ccc(Cl)c(F)c4)C3)o2)c1. The number of hydrogen-bond acceptors (Lipinski definition) is 7. The fourth-order valence-corrected chi connectivity index (χ4v) is 4.38. The molecule has 1 aliphatic rings. The Bertz CT molecular complexity index is 1160. The second kappa shape index (κ2) is 8.90. The van der Waals surface area contributed by atoms with Crippen molar-refractivity contribution in [3.63, 3.8) is 0 Å². The molecule has 1 N–H and O–H groups in total. The molecule has 4 rings (SSSR count). The zero-order chi connectivity index (χ0) is 23.6. The molecule has 1 aromatic heterocycles. The monoisotopic (exact) mass is 475 g/mol. The lowest BCUT2D eigenvalue weighted by atomic mass is 9.59. The number of nitrogens with zero attached hydrogens (tertiary/aromatic N) is 2. The number of halogens is 2. The summed E-state index contributed by atoms with van der Waals surface area (Å²) in [5.41, 5.74) is -0.881. The first-order chi connectivity index (χ1) is 15.7. The van der Waals surface area contributed by atoms with Crippen LogP contribution in [0.2, 0.25) is 5.02 Å². The van der Waals surface area contributed by atoms with Crippen LogP contribution in [0, 0.1) is 5.82 Å². The molecule has 1 amide bonds. The molecular formula is C23H23ClFN3O5. The van der Waals surface area contributed by atoms with E-state index in [1.54, 1.807) is 31.4 Å². The fraction of sp³-hybridized carbons (Fsp3) is 0.348. The van der Waals surface area contributed by atoms with Gasteiger partial charge in [-0.2, -0.15) is 0 Å². The van der Waals surface area contributed by atoms with Gasteiger partial charge < -0.3 is 23.9 Å². The highest BCUT2D eigenvalue weighted by molar-refractivity contribution is 6.30. The zero-order valence-electron chi connectivity index (χ0n) is 18.4. The van der Waals surface area contributed by atoms with E-state index in [2.05, 4.69) is 15.5 Å². The van der Waals surface area contributed by atoms with Crippen molar-refractivity contribution in [2.24, 2.45) is 0 Å². The Kier molecular flexibility index (Phi) is 6.16. The molecular weight excluding hydrogens is 453 g/mol. The number of rotatable bonds is 8. The van der Waals surface area contributed by atoms with Gasteiger partial charge in [0.05, 0.1) is 17.5 Å².